The van der Waals surface area contributed by atoms with Gasteiger partial charge in [0.15, 0.2) is 0 Å². The Morgan fingerprint density at radius 3 is 1.89 bits per heavy atom. The molecule has 0 aromatic heterocycles. The summed E-state index contributed by atoms with van der Waals surface area (Å²) in [5, 5.41) is 3.16. The van der Waals surface area contributed by atoms with Gasteiger partial charge in [-0.3, -0.25) is 4.55 Å². The van der Waals surface area contributed by atoms with Crippen LogP contribution in [-0.4, -0.2) is 76.0 Å². The van der Waals surface area contributed by atoms with Gasteiger partial charge in [0.05, 0.1) is 19.0 Å². The van der Waals surface area contributed by atoms with E-state index in [4.69, 9.17) is 9.29 Å². The van der Waals surface area contributed by atoms with E-state index in [1.54, 1.807) is 0 Å². The fraction of sp³-hybridized carbons (Fsp3) is 0.500. The molecule has 18 heavy (non-hydrogen) atoms. The van der Waals surface area contributed by atoms with Crippen molar-refractivity contribution in [2.24, 2.45) is 0 Å². The number of hydrogen-bond acceptors (Lipinski definition) is 5. The molecule has 100 valence electrons. The van der Waals surface area contributed by atoms with Gasteiger partial charge in [0.25, 0.3) is 10.1 Å². The summed E-state index contributed by atoms with van der Waals surface area (Å²) in [6.07, 6.45) is 2.46. The van der Waals surface area contributed by atoms with Gasteiger partial charge in [-0.25, -0.2) is 0 Å². The molecule has 1 heterocycles. The van der Waals surface area contributed by atoms with Crippen LogP contribution in [0.1, 0.15) is 0 Å². The third kappa shape index (κ3) is 25.0. The number of ether oxygens (including phenoxy) is 1. The van der Waals surface area contributed by atoms with E-state index >= 15 is 0 Å². The van der Waals surface area contributed by atoms with Crippen LogP contribution in [0.15, 0.2) is 25.3 Å². The third-order valence-electron chi connectivity index (χ3n) is 1.46. The summed E-state index contributed by atoms with van der Waals surface area (Å²) in [6, 6.07) is 0. The van der Waals surface area contributed by atoms with Crippen LogP contribution in [0.2, 0.25) is 0 Å². The Kier molecular flexibility index (Phi) is 15.1. The number of nitrogens with one attached hydrogen (secondary N) is 1. The van der Waals surface area contributed by atoms with Crippen molar-refractivity contribution in [3.63, 3.8) is 0 Å². The van der Waals surface area contributed by atoms with Gasteiger partial charge in [-0.1, -0.05) is 6.08 Å². The zero-order valence-electron chi connectivity index (χ0n) is 10.6. The zero-order valence-corrected chi connectivity index (χ0v) is 13.4. The summed E-state index contributed by atoms with van der Waals surface area (Å²) in [4.78, 5) is 9.76. The Morgan fingerprint density at radius 1 is 1.39 bits per heavy atom. The molecule has 1 aliphatic rings. The van der Waals surface area contributed by atoms with Crippen LogP contribution in [0.5, 0.6) is 0 Å². The average Bonchev–Trinajstić information content (AvgIpc) is 2.31. The van der Waals surface area contributed by atoms with E-state index in [0.29, 0.717) is 27.9 Å². The summed E-state index contributed by atoms with van der Waals surface area (Å²) in [5.74, 6) is -0.368. The molecular formula is C10H18NNaO5S. The number of hydrogen-bond donors (Lipinski definition) is 2. The van der Waals surface area contributed by atoms with Gasteiger partial charge in [-0.15, -0.1) is 6.58 Å². The molecule has 0 bridgehead atoms. The second kappa shape index (κ2) is 13.4. The summed E-state index contributed by atoms with van der Waals surface area (Å²) in [7, 11) is -3.79. The van der Waals surface area contributed by atoms with Gasteiger partial charge >= 0.3 is 48.4 Å². The summed E-state index contributed by atoms with van der Waals surface area (Å²) in [5.41, 5.74) is 0. The van der Waals surface area contributed by atoms with Crippen LogP contribution < -0.4 is 5.32 Å². The molecule has 1 fully saturated rings. The second-order valence-electron chi connectivity index (χ2n) is 3.21. The predicted octanol–water partition coefficient (Wildman–Crippen LogP) is -0.466. The molecule has 0 saturated carbocycles. The SMILES string of the molecule is C1COCCN1.C=CCS(=O)(=O)O.C=C[C](=O)[Na]. The molecule has 2 N–H and O–H groups in total. The molecule has 8 heteroatoms. The number of carbonyl (C=O) groups is 1. The Labute approximate surface area is 126 Å². The van der Waals surface area contributed by atoms with Crippen molar-refractivity contribution in [2.45, 2.75) is 0 Å². The van der Waals surface area contributed by atoms with Crippen molar-refractivity contribution in [2.75, 3.05) is 32.1 Å². The van der Waals surface area contributed by atoms with Gasteiger partial charge in [-0.05, 0) is 0 Å². The van der Waals surface area contributed by atoms with E-state index in [2.05, 4.69) is 18.5 Å². The first kappa shape index (κ1) is 20.3. The van der Waals surface area contributed by atoms with E-state index in [0.717, 1.165) is 32.4 Å². The minimum absolute atomic E-state index is 0.157. The first-order valence-electron chi connectivity index (χ1n) is 5.31. The van der Waals surface area contributed by atoms with Gasteiger partial charge in [-0.2, -0.15) is 8.42 Å². The van der Waals surface area contributed by atoms with Gasteiger partial charge in [0.2, 0.25) is 0 Å². The molecule has 0 atom stereocenters. The fourth-order valence-electron chi connectivity index (χ4n) is 0.665. The van der Waals surface area contributed by atoms with Crippen LogP contribution in [0.4, 0.5) is 0 Å². The van der Waals surface area contributed by atoms with E-state index in [-0.39, 0.29) is 8.79 Å². The molecule has 0 spiro atoms. The van der Waals surface area contributed by atoms with Gasteiger partial charge in [0, 0.05) is 13.1 Å². The van der Waals surface area contributed by atoms with E-state index in [1.807, 2.05) is 0 Å². The quantitative estimate of drug-likeness (QED) is 0.316. The van der Waals surface area contributed by atoms with Crippen molar-refractivity contribution in [1.29, 1.82) is 0 Å². The molecular weight excluding hydrogens is 269 g/mol. The van der Waals surface area contributed by atoms with E-state index in [9.17, 15) is 13.2 Å². The average molecular weight is 287 g/mol. The molecule has 0 unspecified atom stereocenters. The molecule has 0 aromatic rings. The second-order valence-corrected chi connectivity index (χ2v) is 5.70. The van der Waals surface area contributed by atoms with Crippen molar-refractivity contribution in [3.8, 4) is 0 Å². The predicted molar refractivity (Wildman–Crippen MR) is 71.3 cm³/mol. The Bertz CT molecular complexity index is 327. The van der Waals surface area contributed by atoms with Crippen molar-refractivity contribution in [3.05, 3.63) is 25.3 Å². The van der Waals surface area contributed by atoms with Crippen LogP contribution in [0, 0.1) is 0 Å². The topological polar surface area (TPSA) is 92.7 Å². The molecule has 6 nitrogen and oxygen atoms in total. The first-order valence-corrected chi connectivity index (χ1v) is 7.92. The Balaban J connectivity index is 0. The fourth-order valence-corrected chi connectivity index (χ4v) is 0.963. The molecule has 1 rings (SSSR count). The van der Waals surface area contributed by atoms with Crippen LogP contribution in [-0.2, 0) is 19.6 Å². The molecule has 1 aliphatic heterocycles. The normalized spacial score (nSPS) is 14.2. The molecule has 1 saturated heterocycles. The van der Waals surface area contributed by atoms with E-state index in [1.165, 1.54) is 6.08 Å². The summed E-state index contributed by atoms with van der Waals surface area (Å²) >= 11 is 0.613. The minimum atomic E-state index is -3.79. The van der Waals surface area contributed by atoms with E-state index < -0.39 is 10.1 Å². The zero-order chi connectivity index (χ0) is 14.4. The Morgan fingerprint density at radius 2 is 1.83 bits per heavy atom. The maximum absolute atomic E-state index is 9.76. The first-order chi connectivity index (χ1) is 8.33. The number of rotatable bonds is 3. The van der Waals surface area contributed by atoms with Gasteiger partial charge < -0.3 is 10.1 Å². The molecule has 0 radical (unpaired) electrons. The summed E-state index contributed by atoms with van der Waals surface area (Å²) < 4.78 is 32.5. The van der Waals surface area contributed by atoms with Crippen molar-refractivity contribution >= 4 is 41.1 Å². The van der Waals surface area contributed by atoms with Crippen molar-refractivity contribution in [1.82, 2.24) is 5.32 Å². The van der Waals surface area contributed by atoms with Crippen LogP contribution >= 0.6 is 0 Å². The number of morpholine rings is 1. The monoisotopic (exact) mass is 287 g/mol. The standard InChI is InChI=1S/C4H9NO.C3H6O3S.C3H3O.Na/c1-3-6-4-2-5-1;1-2-3-7(4,5)6;1-2-3-4;/h5H,1-4H2;2H,1,3H2,(H,4,5,6);2H,1H2;. The maximum atomic E-state index is 9.76. The number of allylic oxidation sites excluding steroid dienone is 1. The molecule has 0 aromatic carbocycles. The van der Waals surface area contributed by atoms with Crippen LogP contribution in [0.25, 0.3) is 0 Å². The number of carbonyl (C=O) groups excluding carboxylic acids is 1. The molecule has 0 amide bonds. The molecule has 0 aliphatic carbocycles. The summed E-state index contributed by atoms with van der Waals surface area (Å²) in [6.45, 7) is 10.2. The third-order valence-corrected chi connectivity index (χ3v) is 2.53. The Hall–Kier alpha value is -0.0200. The van der Waals surface area contributed by atoms with Gasteiger partial charge in [0.1, 0.15) is 0 Å². The van der Waals surface area contributed by atoms with Crippen molar-refractivity contribution < 1.29 is 22.5 Å². The van der Waals surface area contributed by atoms with Crippen LogP contribution in [0.3, 0.4) is 0 Å².